The molecule has 6 heteroatoms. The Balaban J connectivity index is 1.70. The van der Waals surface area contributed by atoms with Gasteiger partial charge in [0.2, 0.25) is 5.91 Å². The molecule has 24 heavy (non-hydrogen) atoms. The summed E-state index contributed by atoms with van der Waals surface area (Å²) in [4.78, 5) is 16.4. The van der Waals surface area contributed by atoms with Crippen molar-refractivity contribution in [3.63, 3.8) is 0 Å². The molecule has 0 saturated carbocycles. The average molecular weight is 342 g/mol. The number of halogens is 1. The Morgan fingerprint density at radius 2 is 2.04 bits per heavy atom. The molecule has 1 aromatic heterocycles. The summed E-state index contributed by atoms with van der Waals surface area (Å²) >= 11 is 5.95. The molecule has 0 aliphatic heterocycles. The summed E-state index contributed by atoms with van der Waals surface area (Å²) in [7, 11) is 0. The lowest BCUT2D eigenvalue weighted by atomic mass is 10.1. The number of carbonyl (C=O) groups excluding carboxylic acids is 1. The molecule has 0 aliphatic rings. The van der Waals surface area contributed by atoms with Crippen molar-refractivity contribution in [2.24, 2.45) is 0 Å². The van der Waals surface area contributed by atoms with Crippen LogP contribution in [0.2, 0.25) is 5.02 Å². The van der Waals surface area contributed by atoms with Gasteiger partial charge in [-0.1, -0.05) is 35.0 Å². The second kappa shape index (κ2) is 6.84. The average Bonchev–Trinajstić information content (AvgIpc) is 2.99. The van der Waals surface area contributed by atoms with Gasteiger partial charge in [-0.05, 0) is 49.2 Å². The highest BCUT2D eigenvalue weighted by molar-refractivity contribution is 6.30. The molecule has 1 heterocycles. The van der Waals surface area contributed by atoms with Gasteiger partial charge in [-0.2, -0.15) is 4.98 Å². The zero-order valence-electron chi connectivity index (χ0n) is 13.3. The summed E-state index contributed by atoms with van der Waals surface area (Å²) in [6, 6.07) is 13.0. The van der Waals surface area contributed by atoms with E-state index in [9.17, 15) is 4.79 Å². The number of aryl methyl sites for hydroxylation is 2. The maximum atomic E-state index is 12.2. The molecule has 0 spiro atoms. The van der Waals surface area contributed by atoms with Gasteiger partial charge in [0.15, 0.2) is 5.82 Å². The fraction of sp³-hybridized carbons (Fsp3) is 0.167. The molecule has 0 saturated heterocycles. The first-order valence-corrected chi connectivity index (χ1v) is 7.85. The van der Waals surface area contributed by atoms with Gasteiger partial charge in [-0.25, -0.2) is 0 Å². The number of benzene rings is 2. The van der Waals surface area contributed by atoms with Crippen LogP contribution in [-0.4, -0.2) is 16.0 Å². The Hall–Kier alpha value is -2.66. The van der Waals surface area contributed by atoms with Crippen molar-refractivity contribution in [2.75, 3.05) is 5.32 Å². The van der Waals surface area contributed by atoms with Crippen molar-refractivity contribution in [3.05, 3.63) is 64.4 Å². The Kier molecular flexibility index (Phi) is 4.62. The summed E-state index contributed by atoms with van der Waals surface area (Å²) in [5.41, 5.74) is 3.59. The maximum Gasteiger partial charge on any atom is 0.257 e. The molecule has 0 atom stereocenters. The van der Waals surface area contributed by atoms with E-state index in [-0.39, 0.29) is 12.3 Å². The van der Waals surface area contributed by atoms with E-state index < -0.39 is 0 Å². The zero-order chi connectivity index (χ0) is 17.1. The molecule has 122 valence electrons. The highest BCUT2D eigenvalue weighted by Crippen LogP contribution is 2.21. The van der Waals surface area contributed by atoms with Crippen LogP contribution in [0.1, 0.15) is 17.0 Å². The van der Waals surface area contributed by atoms with Crippen LogP contribution in [0.15, 0.2) is 47.0 Å². The van der Waals surface area contributed by atoms with Crippen molar-refractivity contribution in [1.29, 1.82) is 0 Å². The van der Waals surface area contributed by atoms with E-state index >= 15 is 0 Å². The van der Waals surface area contributed by atoms with Crippen LogP contribution in [0.25, 0.3) is 11.5 Å². The lowest BCUT2D eigenvalue weighted by Crippen LogP contribution is -2.16. The highest BCUT2D eigenvalue weighted by Gasteiger charge is 2.13. The third-order valence-corrected chi connectivity index (χ3v) is 3.76. The van der Waals surface area contributed by atoms with Crippen LogP contribution in [0.5, 0.6) is 0 Å². The second-order valence-electron chi connectivity index (χ2n) is 5.57. The van der Waals surface area contributed by atoms with E-state index in [0.29, 0.717) is 16.7 Å². The van der Waals surface area contributed by atoms with E-state index in [1.54, 1.807) is 18.2 Å². The molecular weight excluding hydrogens is 326 g/mol. The summed E-state index contributed by atoms with van der Waals surface area (Å²) in [6.45, 7) is 3.92. The van der Waals surface area contributed by atoms with Gasteiger partial charge in [-0.3, -0.25) is 4.79 Å². The van der Waals surface area contributed by atoms with Gasteiger partial charge < -0.3 is 9.84 Å². The fourth-order valence-electron chi connectivity index (χ4n) is 2.27. The van der Waals surface area contributed by atoms with Gasteiger partial charge in [0.25, 0.3) is 5.89 Å². The van der Waals surface area contributed by atoms with Gasteiger partial charge >= 0.3 is 0 Å². The number of hydrogen-bond donors (Lipinski definition) is 1. The van der Waals surface area contributed by atoms with Gasteiger partial charge in [0.1, 0.15) is 0 Å². The van der Waals surface area contributed by atoms with E-state index in [1.165, 1.54) is 0 Å². The lowest BCUT2D eigenvalue weighted by Gasteiger charge is -2.08. The third kappa shape index (κ3) is 3.81. The van der Waals surface area contributed by atoms with Gasteiger partial charge in [0.05, 0.1) is 6.42 Å². The Morgan fingerprint density at radius 1 is 1.21 bits per heavy atom. The van der Waals surface area contributed by atoms with E-state index in [4.69, 9.17) is 16.1 Å². The molecular formula is C18H16ClN3O2. The number of aromatic nitrogens is 2. The van der Waals surface area contributed by atoms with Crippen molar-refractivity contribution in [1.82, 2.24) is 10.1 Å². The minimum atomic E-state index is -0.192. The molecule has 2 aromatic carbocycles. The third-order valence-electron chi connectivity index (χ3n) is 3.53. The predicted octanol–water partition coefficient (Wildman–Crippen LogP) is 4.19. The summed E-state index contributed by atoms with van der Waals surface area (Å²) < 4.78 is 5.20. The quantitative estimate of drug-likeness (QED) is 0.772. The molecule has 5 nitrogen and oxygen atoms in total. The van der Waals surface area contributed by atoms with Gasteiger partial charge in [0, 0.05) is 16.3 Å². The maximum absolute atomic E-state index is 12.2. The lowest BCUT2D eigenvalue weighted by molar-refractivity contribution is -0.115. The molecule has 0 unspecified atom stereocenters. The second-order valence-corrected chi connectivity index (χ2v) is 6.01. The van der Waals surface area contributed by atoms with E-state index in [2.05, 4.69) is 15.5 Å². The summed E-state index contributed by atoms with van der Waals surface area (Å²) in [6.07, 6.45) is 0.0391. The normalized spacial score (nSPS) is 10.6. The van der Waals surface area contributed by atoms with E-state index in [0.717, 1.165) is 22.4 Å². The molecule has 0 fully saturated rings. The smallest absolute Gasteiger partial charge is 0.257 e. The Morgan fingerprint density at radius 3 is 2.83 bits per heavy atom. The number of nitrogens with zero attached hydrogens (tertiary/aromatic N) is 2. The molecule has 0 radical (unpaired) electrons. The van der Waals surface area contributed by atoms with Crippen LogP contribution >= 0.6 is 11.6 Å². The largest absolute Gasteiger partial charge is 0.334 e. The van der Waals surface area contributed by atoms with Crippen molar-refractivity contribution in [2.45, 2.75) is 20.3 Å². The summed E-state index contributed by atoms with van der Waals surface area (Å²) in [5.74, 6) is 0.474. The number of anilines is 1. The molecule has 3 aromatic rings. The first kappa shape index (κ1) is 16.2. The number of rotatable bonds is 4. The molecule has 3 rings (SSSR count). The molecule has 1 amide bonds. The predicted molar refractivity (Wildman–Crippen MR) is 93.0 cm³/mol. The van der Waals surface area contributed by atoms with Gasteiger partial charge in [-0.15, -0.1) is 0 Å². The van der Waals surface area contributed by atoms with Crippen LogP contribution in [0.3, 0.4) is 0 Å². The minimum absolute atomic E-state index is 0.0391. The zero-order valence-corrected chi connectivity index (χ0v) is 14.1. The van der Waals surface area contributed by atoms with Crippen molar-refractivity contribution >= 4 is 23.2 Å². The number of amides is 1. The van der Waals surface area contributed by atoms with Crippen LogP contribution < -0.4 is 5.32 Å². The SMILES string of the molecule is Cc1ccc(C)c(NC(=O)Cc2noc(-c3cccc(Cl)c3)n2)c1. The minimum Gasteiger partial charge on any atom is -0.334 e. The molecule has 0 bridgehead atoms. The first-order chi connectivity index (χ1) is 11.5. The Labute approximate surface area is 144 Å². The summed E-state index contributed by atoms with van der Waals surface area (Å²) in [5, 5.41) is 7.31. The van der Waals surface area contributed by atoms with Crippen molar-refractivity contribution in [3.8, 4) is 11.5 Å². The fourth-order valence-corrected chi connectivity index (χ4v) is 2.46. The number of hydrogen-bond acceptors (Lipinski definition) is 4. The molecule has 1 N–H and O–H groups in total. The monoisotopic (exact) mass is 341 g/mol. The number of nitrogens with one attached hydrogen (secondary N) is 1. The van der Waals surface area contributed by atoms with E-state index in [1.807, 2.05) is 38.1 Å². The Bertz CT molecular complexity index is 889. The highest BCUT2D eigenvalue weighted by atomic mass is 35.5. The standard InChI is InChI=1S/C18H16ClN3O2/c1-11-6-7-12(2)15(8-11)20-17(23)10-16-21-18(24-22-16)13-4-3-5-14(19)9-13/h3-9H,10H2,1-2H3,(H,20,23). The van der Waals surface area contributed by atoms with Crippen LogP contribution in [-0.2, 0) is 11.2 Å². The first-order valence-electron chi connectivity index (χ1n) is 7.47. The topological polar surface area (TPSA) is 68.0 Å². The van der Waals surface area contributed by atoms with Crippen molar-refractivity contribution < 1.29 is 9.32 Å². The number of carbonyl (C=O) groups is 1. The van der Waals surface area contributed by atoms with Crippen LogP contribution in [0.4, 0.5) is 5.69 Å². The van der Waals surface area contributed by atoms with Crippen LogP contribution in [0, 0.1) is 13.8 Å². The molecule has 0 aliphatic carbocycles.